The SMILES string of the molecule is CC(C)(C)OC(=O)N1CC[N+](=c2c3ccc(Cl)cc3c(C[n+]3cc[nH]c3CO)cc3cccnc23)CC1. The van der Waals surface area contributed by atoms with E-state index in [4.69, 9.17) is 21.3 Å². The van der Waals surface area contributed by atoms with Gasteiger partial charge in [0.25, 0.3) is 5.82 Å². The number of H-pyrrole nitrogens is 1. The fraction of sp³-hybridized carbons (Fsp3) is 0.357. The largest absolute Gasteiger partial charge is 0.444 e. The molecule has 1 aliphatic rings. The van der Waals surface area contributed by atoms with E-state index < -0.39 is 5.60 Å². The Balaban J connectivity index is 1.69. The van der Waals surface area contributed by atoms with Crippen molar-refractivity contribution in [1.29, 1.82) is 0 Å². The number of pyridine rings is 1. The summed E-state index contributed by atoms with van der Waals surface area (Å²) < 4.78 is 9.89. The van der Waals surface area contributed by atoms with E-state index in [1.807, 2.05) is 62.1 Å². The Morgan fingerprint density at radius 2 is 1.97 bits per heavy atom. The molecule has 0 unspecified atom stereocenters. The number of aromatic nitrogens is 3. The number of halogens is 1. The summed E-state index contributed by atoms with van der Waals surface area (Å²) in [6, 6.07) is 12.1. The molecular formula is C28H32ClN5O3+2. The summed E-state index contributed by atoms with van der Waals surface area (Å²) >= 11 is 6.51. The first-order valence-electron chi connectivity index (χ1n) is 12.5. The van der Waals surface area contributed by atoms with Crippen LogP contribution in [0.2, 0.25) is 5.02 Å². The minimum absolute atomic E-state index is 0.0832. The van der Waals surface area contributed by atoms with Gasteiger partial charge in [-0.2, -0.15) is 0 Å². The number of nitrogens with zero attached hydrogens (tertiary/aromatic N) is 4. The second-order valence-corrected chi connectivity index (χ2v) is 10.7. The molecule has 2 N–H and O–H groups in total. The molecule has 1 amide bonds. The summed E-state index contributed by atoms with van der Waals surface area (Å²) in [6.45, 7) is 8.55. The summed E-state index contributed by atoms with van der Waals surface area (Å²) in [5.41, 5.74) is 1.43. The van der Waals surface area contributed by atoms with Crippen LogP contribution in [0.3, 0.4) is 0 Å². The number of imidazole rings is 1. The minimum atomic E-state index is -0.527. The Morgan fingerprint density at radius 3 is 2.70 bits per heavy atom. The molecule has 2 aromatic carbocycles. The highest BCUT2D eigenvalue weighted by atomic mass is 35.5. The van der Waals surface area contributed by atoms with E-state index in [-0.39, 0.29) is 12.7 Å². The number of rotatable bonds is 3. The zero-order chi connectivity index (χ0) is 26.2. The highest BCUT2D eigenvalue weighted by molar-refractivity contribution is 6.31. The molecule has 192 valence electrons. The van der Waals surface area contributed by atoms with Crippen LogP contribution in [0.4, 0.5) is 4.79 Å². The average molecular weight is 522 g/mol. The number of aliphatic hydroxyl groups is 1. The highest BCUT2D eigenvalue weighted by Crippen LogP contribution is 2.23. The first-order valence-corrected chi connectivity index (χ1v) is 12.8. The van der Waals surface area contributed by atoms with Crippen molar-refractivity contribution >= 4 is 39.4 Å². The molecular weight excluding hydrogens is 490 g/mol. The van der Waals surface area contributed by atoms with E-state index in [1.54, 1.807) is 4.90 Å². The number of piperazine rings is 1. The lowest BCUT2D eigenvalue weighted by Gasteiger charge is -2.28. The van der Waals surface area contributed by atoms with Gasteiger partial charge >= 0.3 is 6.09 Å². The molecule has 3 heterocycles. The van der Waals surface area contributed by atoms with Gasteiger partial charge in [-0.15, -0.1) is 0 Å². The van der Waals surface area contributed by atoms with Gasteiger partial charge in [0.05, 0.1) is 18.5 Å². The number of aromatic amines is 1. The number of hydrogen-bond acceptors (Lipinski definition) is 4. The van der Waals surface area contributed by atoms with Crippen LogP contribution in [0.5, 0.6) is 0 Å². The van der Waals surface area contributed by atoms with Crippen LogP contribution in [-0.2, 0) is 17.9 Å². The van der Waals surface area contributed by atoms with Gasteiger partial charge in [0.15, 0.2) is 13.1 Å². The molecule has 9 heteroatoms. The van der Waals surface area contributed by atoms with Crippen LogP contribution in [-0.4, -0.2) is 57.8 Å². The van der Waals surface area contributed by atoms with Gasteiger partial charge in [-0.05, 0) is 56.5 Å². The van der Waals surface area contributed by atoms with Crippen molar-refractivity contribution in [3.8, 4) is 0 Å². The Morgan fingerprint density at radius 1 is 1.19 bits per heavy atom. The molecule has 0 spiro atoms. The molecule has 5 rings (SSSR count). The molecule has 2 aromatic heterocycles. The summed E-state index contributed by atoms with van der Waals surface area (Å²) in [5.74, 6) is 0.725. The third kappa shape index (κ3) is 5.31. The van der Waals surface area contributed by atoms with Crippen LogP contribution in [0, 0.1) is 0 Å². The highest BCUT2D eigenvalue weighted by Gasteiger charge is 2.28. The molecule has 1 aliphatic heterocycles. The van der Waals surface area contributed by atoms with E-state index in [1.165, 1.54) is 0 Å². The van der Waals surface area contributed by atoms with Gasteiger partial charge in [0, 0.05) is 22.2 Å². The maximum Gasteiger partial charge on any atom is 0.410 e. The average Bonchev–Trinajstić information content (AvgIpc) is 3.26. The normalized spacial score (nSPS) is 14.4. The van der Waals surface area contributed by atoms with Gasteiger partial charge in [-0.3, -0.25) is 4.90 Å². The third-order valence-electron chi connectivity index (χ3n) is 6.56. The first kappa shape index (κ1) is 25.2. The maximum absolute atomic E-state index is 12.7. The number of carbonyl (C=O) groups is 1. The number of amides is 1. The molecule has 0 saturated carbocycles. The van der Waals surface area contributed by atoms with E-state index in [0.29, 0.717) is 37.7 Å². The maximum atomic E-state index is 12.7. The molecule has 37 heavy (non-hydrogen) atoms. The topological polar surface area (TPSA) is 85.3 Å². The van der Waals surface area contributed by atoms with Crippen LogP contribution in [0.1, 0.15) is 32.2 Å². The minimum Gasteiger partial charge on any atom is -0.444 e. The summed E-state index contributed by atoms with van der Waals surface area (Å²) in [6.07, 6.45) is 5.27. The molecule has 1 saturated heterocycles. The first-order chi connectivity index (χ1) is 17.7. The summed E-state index contributed by atoms with van der Waals surface area (Å²) in [5, 5.41) is 14.5. The number of benzene rings is 1. The zero-order valence-corrected chi connectivity index (χ0v) is 22.1. The van der Waals surface area contributed by atoms with E-state index in [0.717, 1.165) is 38.4 Å². The van der Waals surface area contributed by atoms with E-state index >= 15 is 0 Å². The Kier molecular flexibility index (Phi) is 6.88. The van der Waals surface area contributed by atoms with E-state index in [2.05, 4.69) is 27.8 Å². The van der Waals surface area contributed by atoms with Gasteiger partial charge in [-0.25, -0.2) is 23.9 Å². The van der Waals surface area contributed by atoms with E-state index in [9.17, 15) is 9.90 Å². The lowest BCUT2D eigenvalue weighted by molar-refractivity contribution is -0.696. The number of carbonyl (C=O) groups excluding carboxylic acids is 1. The lowest BCUT2D eigenvalue weighted by atomic mass is 10.1. The van der Waals surface area contributed by atoms with Crippen molar-refractivity contribution in [2.45, 2.75) is 39.5 Å². The number of hydrogen-bond donors (Lipinski definition) is 2. The second kappa shape index (κ2) is 10.1. The molecule has 0 bridgehead atoms. The quantitative estimate of drug-likeness (QED) is 0.405. The van der Waals surface area contributed by atoms with Gasteiger partial charge in [0.2, 0.25) is 5.36 Å². The molecule has 0 atom stereocenters. The van der Waals surface area contributed by atoms with Crippen molar-refractivity contribution in [3.05, 3.63) is 76.8 Å². The predicted molar refractivity (Wildman–Crippen MR) is 143 cm³/mol. The third-order valence-corrected chi connectivity index (χ3v) is 6.80. The van der Waals surface area contributed by atoms with Crippen molar-refractivity contribution in [2.24, 2.45) is 0 Å². The van der Waals surface area contributed by atoms with Crippen LogP contribution < -0.4 is 14.5 Å². The number of aliphatic hydroxyl groups excluding tert-OH is 1. The molecule has 4 aromatic rings. The standard InChI is InChI=1S/C28H31ClN5O3/c1-28(2,3)37-27(36)33-13-11-32(12-14-33)26-22-7-6-21(29)16-23(22)20(15-19-5-4-8-31-25(19)26)17-34-10-9-30-24(34)18-35/h4-10,15-16,35H,11-14,17-18H2,1-3H3/q+1/p+1. The predicted octanol–water partition coefficient (Wildman–Crippen LogP) is 3.22. The van der Waals surface area contributed by atoms with Crippen molar-refractivity contribution < 1.29 is 19.2 Å². The summed E-state index contributed by atoms with van der Waals surface area (Å²) in [7, 11) is 0. The van der Waals surface area contributed by atoms with Crippen LogP contribution >= 0.6 is 11.6 Å². The molecule has 1 fully saturated rings. The fourth-order valence-electron chi connectivity index (χ4n) is 4.87. The van der Waals surface area contributed by atoms with Crippen molar-refractivity contribution in [2.75, 3.05) is 26.2 Å². The molecule has 8 nitrogen and oxygen atoms in total. The Hall–Kier alpha value is -3.49. The zero-order valence-electron chi connectivity index (χ0n) is 21.4. The van der Waals surface area contributed by atoms with Gasteiger partial charge in [0.1, 0.15) is 36.7 Å². The smallest absolute Gasteiger partial charge is 0.410 e. The number of nitrogens with one attached hydrogen (secondary N) is 1. The van der Waals surface area contributed by atoms with Crippen LogP contribution in [0.25, 0.3) is 21.7 Å². The lowest BCUT2D eigenvalue weighted by Crippen LogP contribution is -2.51. The molecule has 0 aliphatic carbocycles. The van der Waals surface area contributed by atoms with Crippen molar-refractivity contribution in [1.82, 2.24) is 19.4 Å². The monoisotopic (exact) mass is 521 g/mol. The fourth-order valence-corrected chi connectivity index (χ4v) is 5.04. The van der Waals surface area contributed by atoms with Gasteiger partial charge < -0.3 is 9.84 Å². The van der Waals surface area contributed by atoms with Crippen LogP contribution in [0.15, 0.2) is 55.0 Å². The number of fused-ring (bicyclic) bond motifs is 2. The second-order valence-electron chi connectivity index (χ2n) is 10.3. The summed E-state index contributed by atoms with van der Waals surface area (Å²) in [4.78, 5) is 22.3. The molecule has 0 radical (unpaired) electrons. The van der Waals surface area contributed by atoms with Crippen molar-refractivity contribution in [3.63, 3.8) is 0 Å². The Bertz CT molecular complexity index is 1550. The van der Waals surface area contributed by atoms with Gasteiger partial charge in [-0.1, -0.05) is 17.7 Å². The number of ether oxygens (including phenoxy) is 1. The Labute approximate surface area is 220 Å².